The fourth-order valence-corrected chi connectivity index (χ4v) is 2.35. The van der Waals surface area contributed by atoms with E-state index in [1.807, 2.05) is 6.92 Å². The van der Waals surface area contributed by atoms with Crippen LogP contribution in [0.1, 0.15) is 51.9 Å². The lowest BCUT2D eigenvalue weighted by Gasteiger charge is -2.26. The van der Waals surface area contributed by atoms with Crippen molar-refractivity contribution < 1.29 is 14.3 Å². The summed E-state index contributed by atoms with van der Waals surface area (Å²) >= 11 is 0. The average Bonchev–Trinajstić information content (AvgIpc) is 2.46. The summed E-state index contributed by atoms with van der Waals surface area (Å²) in [5.74, 6) is 0.0949. The van der Waals surface area contributed by atoms with Gasteiger partial charge in [-0.2, -0.15) is 0 Å². The number of nitrogens with two attached hydrogens (primary N) is 1. The van der Waals surface area contributed by atoms with Crippen molar-refractivity contribution in [2.45, 2.75) is 70.1 Å². The van der Waals surface area contributed by atoms with Crippen LogP contribution in [-0.4, -0.2) is 44.4 Å². The summed E-state index contributed by atoms with van der Waals surface area (Å²) < 4.78 is 10.9. The van der Waals surface area contributed by atoms with E-state index in [0.29, 0.717) is 31.7 Å². The van der Waals surface area contributed by atoms with Crippen LogP contribution >= 0.6 is 0 Å². The molecule has 1 aliphatic carbocycles. The summed E-state index contributed by atoms with van der Waals surface area (Å²) in [6.07, 6.45) is 6.95. The highest BCUT2D eigenvalue weighted by Crippen LogP contribution is 2.19. The molecule has 1 rings (SSSR count). The number of nitrogens with one attached hydrogen (secondary N) is 1. The van der Waals surface area contributed by atoms with Gasteiger partial charge in [0.25, 0.3) is 0 Å². The molecule has 0 spiro atoms. The topological polar surface area (TPSA) is 73.6 Å². The van der Waals surface area contributed by atoms with Crippen molar-refractivity contribution in [2.24, 2.45) is 5.73 Å². The van der Waals surface area contributed by atoms with E-state index in [0.717, 1.165) is 38.5 Å². The molecular weight excluding hydrogens is 256 g/mol. The Kier molecular flexibility index (Phi) is 8.82. The predicted octanol–water partition coefficient (Wildman–Crippen LogP) is 1.59. The molecule has 3 N–H and O–H groups in total. The largest absolute Gasteiger partial charge is 0.382 e. The summed E-state index contributed by atoms with van der Waals surface area (Å²) in [6, 6.07) is 0.364. The Balaban J connectivity index is 1.92. The zero-order chi connectivity index (χ0) is 14.8. The third kappa shape index (κ3) is 7.82. The van der Waals surface area contributed by atoms with Crippen molar-refractivity contribution in [3.8, 4) is 0 Å². The first-order chi connectivity index (χ1) is 9.61. The molecule has 1 amide bonds. The Morgan fingerprint density at radius 3 is 2.70 bits per heavy atom. The van der Waals surface area contributed by atoms with Gasteiger partial charge >= 0.3 is 0 Å². The number of rotatable bonds is 9. The molecule has 1 saturated carbocycles. The molecule has 1 aliphatic rings. The number of carbonyl (C=O) groups excluding carboxylic acids is 1. The number of ether oxygens (including phenoxy) is 2. The molecule has 0 aliphatic heterocycles. The van der Waals surface area contributed by atoms with Crippen LogP contribution in [0.4, 0.5) is 0 Å². The van der Waals surface area contributed by atoms with E-state index < -0.39 is 0 Å². The van der Waals surface area contributed by atoms with E-state index >= 15 is 0 Å². The molecule has 0 aromatic heterocycles. The number of amides is 1. The van der Waals surface area contributed by atoms with Crippen LogP contribution in [0.3, 0.4) is 0 Å². The lowest BCUT2D eigenvalue weighted by molar-refractivity contribution is -0.121. The van der Waals surface area contributed by atoms with Crippen LogP contribution in [0, 0.1) is 0 Å². The van der Waals surface area contributed by atoms with Gasteiger partial charge in [0.2, 0.25) is 5.91 Å². The highest BCUT2D eigenvalue weighted by molar-refractivity contribution is 5.75. The van der Waals surface area contributed by atoms with Crippen LogP contribution in [0.2, 0.25) is 0 Å². The molecule has 1 unspecified atom stereocenters. The van der Waals surface area contributed by atoms with Gasteiger partial charge in [0.15, 0.2) is 0 Å². The summed E-state index contributed by atoms with van der Waals surface area (Å²) in [6.45, 7) is 3.37. The number of hydrogen-bond acceptors (Lipinski definition) is 4. The Morgan fingerprint density at radius 2 is 2.05 bits per heavy atom. The maximum atomic E-state index is 11.5. The molecule has 20 heavy (non-hydrogen) atoms. The van der Waals surface area contributed by atoms with Crippen LogP contribution < -0.4 is 11.1 Å². The number of carbonyl (C=O) groups is 1. The maximum absolute atomic E-state index is 11.5. The molecular formula is C15H30N2O3. The average molecular weight is 286 g/mol. The van der Waals surface area contributed by atoms with Gasteiger partial charge in [-0.1, -0.05) is 0 Å². The molecule has 5 heteroatoms. The second-order valence-corrected chi connectivity index (χ2v) is 5.70. The fraction of sp³-hybridized carbons (Fsp3) is 0.933. The third-order valence-corrected chi connectivity index (χ3v) is 3.90. The zero-order valence-electron chi connectivity index (χ0n) is 12.9. The lowest BCUT2D eigenvalue weighted by Crippen LogP contribution is -2.31. The fourth-order valence-electron chi connectivity index (χ4n) is 2.35. The molecule has 1 atom stereocenters. The van der Waals surface area contributed by atoms with Crippen LogP contribution in [-0.2, 0) is 14.3 Å². The molecule has 118 valence electrons. The van der Waals surface area contributed by atoms with Crippen molar-refractivity contribution >= 4 is 5.91 Å². The SMILES string of the molecule is COC(C)CCC(=O)NCCCOC1CCC(N)CC1. The molecule has 0 radical (unpaired) electrons. The van der Waals surface area contributed by atoms with Crippen LogP contribution in [0.25, 0.3) is 0 Å². The predicted molar refractivity (Wildman–Crippen MR) is 79.5 cm³/mol. The van der Waals surface area contributed by atoms with Gasteiger partial charge in [-0.05, 0) is 45.4 Å². The zero-order valence-corrected chi connectivity index (χ0v) is 12.9. The van der Waals surface area contributed by atoms with Crippen molar-refractivity contribution in [3.05, 3.63) is 0 Å². The summed E-state index contributed by atoms with van der Waals surface area (Å²) in [5.41, 5.74) is 5.85. The van der Waals surface area contributed by atoms with Crippen molar-refractivity contribution in [1.29, 1.82) is 0 Å². The quantitative estimate of drug-likeness (QED) is 0.631. The first-order valence-electron chi connectivity index (χ1n) is 7.78. The summed E-state index contributed by atoms with van der Waals surface area (Å²) in [7, 11) is 1.66. The second kappa shape index (κ2) is 10.1. The minimum atomic E-state index is 0.0949. The molecule has 1 fully saturated rings. The minimum absolute atomic E-state index is 0.0949. The normalized spacial score (nSPS) is 24.4. The summed E-state index contributed by atoms with van der Waals surface area (Å²) in [4.78, 5) is 11.5. The van der Waals surface area contributed by atoms with Gasteiger partial charge in [-0.3, -0.25) is 4.79 Å². The summed E-state index contributed by atoms with van der Waals surface area (Å²) in [5, 5.41) is 2.91. The van der Waals surface area contributed by atoms with Gasteiger partial charge in [-0.15, -0.1) is 0 Å². The lowest BCUT2D eigenvalue weighted by atomic mass is 9.94. The first-order valence-corrected chi connectivity index (χ1v) is 7.78. The van der Waals surface area contributed by atoms with Crippen molar-refractivity contribution in [2.75, 3.05) is 20.3 Å². The highest BCUT2D eigenvalue weighted by atomic mass is 16.5. The van der Waals surface area contributed by atoms with Crippen molar-refractivity contribution in [1.82, 2.24) is 5.32 Å². The molecule has 0 saturated heterocycles. The van der Waals surface area contributed by atoms with Crippen LogP contribution in [0.5, 0.6) is 0 Å². The van der Waals surface area contributed by atoms with Gasteiger partial charge in [0, 0.05) is 32.7 Å². The van der Waals surface area contributed by atoms with E-state index in [1.165, 1.54) is 0 Å². The van der Waals surface area contributed by atoms with E-state index in [2.05, 4.69) is 5.32 Å². The first kappa shape index (κ1) is 17.4. The van der Waals surface area contributed by atoms with Gasteiger partial charge in [0.1, 0.15) is 0 Å². The third-order valence-electron chi connectivity index (χ3n) is 3.90. The van der Waals surface area contributed by atoms with E-state index in [4.69, 9.17) is 15.2 Å². The maximum Gasteiger partial charge on any atom is 0.220 e. The smallest absolute Gasteiger partial charge is 0.220 e. The molecule has 5 nitrogen and oxygen atoms in total. The van der Waals surface area contributed by atoms with E-state index in [-0.39, 0.29) is 12.0 Å². The van der Waals surface area contributed by atoms with Gasteiger partial charge in [0.05, 0.1) is 12.2 Å². The Bertz CT molecular complexity index is 266. The number of methoxy groups -OCH3 is 1. The van der Waals surface area contributed by atoms with E-state index in [9.17, 15) is 4.79 Å². The molecule has 0 heterocycles. The standard InChI is InChI=1S/C15H30N2O3/c1-12(19-2)4-9-15(18)17-10-3-11-20-14-7-5-13(16)6-8-14/h12-14H,3-11,16H2,1-2H3,(H,17,18). The minimum Gasteiger partial charge on any atom is -0.382 e. The Hall–Kier alpha value is -0.650. The molecule has 0 aromatic rings. The van der Waals surface area contributed by atoms with Gasteiger partial charge < -0.3 is 20.5 Å². The molecule has 0 aromatic carbocycles. The van der Waals surface area contributed by atoms with E-state index in [1.54, 1.807) is 7.11 Å². The van der Waals surface area contributed by atoms with Gasteiger partial charge in [-0.25, -0.2) is 0 Å². The second-order valence-electron chi connectivity index (χ2n) is 5.70. The van der Waals surface area contributed by atoms with Crippen molar-refractivity contribution in [3.63, 3.8) is 0 Å². The highest BCUT2D eigenvalue weighted by Gasteiger charge is 2.18. The monoisotopic (exact) mass is 286 g/mol. The van der Waals surface area contributed by atoms with Crippen LogP contribution in [0.15, 0.2) is 0 Å². The molecule has 0 bridgehead atoms. The Morgan fingerprint density at radius 1 is 1.35 bits per heavy atom. The Labute approximate surface area is 122 Å². The number of hydrogen-bond donors (Lipinski definition) is 2.